The molecule has 0 unspecified atom stereocenters. The monoisotopic (exact) mass is 566 g/mol. The zero-order valence-corrected chi connectivity index (χ0v) is 23.4. The normalized spacial score (nSPS) is 19.1. The standard InChI is InChI=1S/C29H34N4O6S/c1-37-26-7-6-21(17-27(26)40(35,36)33-12-14-38-15-13-33)22-16-24-25(19-31-28(24)30-18-22)20-8-10-32(11-9-20)29(34)39-23-4-2-3-5-23/h6-8,16-19,23H,2-5,9-15H2,1H3,(H,30,31). The lowest BCUT2D eigenvalue weighted by Crippen LogP contribution is -2.40. The van der Waals surface area contributed by atoms with Crippen LogP contribution in [0.4, 0.5) is 4.79 Å². The van der Waals surface area contributed by atoms with Gasteiger partial charge in [0, 0.05) is 55.1 Å². The van der Waals surface area contributed by atoms with E-state index in [1.807, 2.05) is 18.3 Å². The van der Waals surface area contributed by atoms with E-state index in [1.54, 1.807) is 23.2 Å². The Bertz CT molecular complexity index is 1540. The van der Waals surface area contributed by atoms with Crippen LogP contribution >= 0.6 is 0 Å². The van der Waals surface area contributed by atoms with Gasteiger partial charge in [0.05, 0.1) is 20.3 Å². The van der Waals surface area contributed by atoms with E-state index in [2.05, 4.69) is 16.0 Å². The number of ether oxygens (including phenoxy) is 3. The van der Waals surface area contributed by atoms with Gasteiger partial charge < -0.3 is 24.1 Å². The van der Waals surface area contributed by atoms with Crippen LogP contribution in [0.15, 0.2) is 47.6 Å². The van der Waals surface area contributed by atoms with E-state index in [4.69, 9.17) is 14.2 Å². The van der Waals surface area contributed by atoms with Gasteiger partial charge in [0.25, 0.3) is 0 Å². The summed E-state index contributed by atoms with van der Waals surface area (Å²) in [6.07, 6.45) is 10.5. The van der Waals surface area contributed by atoms with Crippen LogP contribution in [0.1, 0.15) is 37.7 Å². The third-order valence-electron chi connectivity index (χ3n) is 8.00. The number of H-pyrrole nitrogens is 1. The van der Waals surface area contributed by atoms with Crippen LogP contribution in [0.25, 0.3) is 27.7 Å². The molecule has 0 bridgehead atoms. The molecule has 1 saturated heterocycles. The first-order chi connectivity index (χ1) is 19.4. The van der Waals surface area contributed by atoms with E-state index in [0.717, 1.165) is 59.0 Å². The number of nitrogens with zero attached hydrogens (tertiary/aromatic N) is 3. The smallest absolute Gasteiger partial charge is 0.410 e. The number of hydrogen-bond donors (Lipinski definition) is 1. The molecule has 1 N–H and O–H groups in total. The first-order valence-corrected chi connectivity index (χ1v) is 15.3. The van der Waals surface area contributed by atoms with Gasteiger partial charge in [-0.25, -0.2) is 18.2 Å². The van der Waals surface area contributed by atoms with Crippen LogP contribution in [0, 0.1) is 0 Å². The molecule has 3 aliphatic rings. The van der Waals surface area contributed by atoms with Crippen LogP contribution < -0.4 is 4.74 Å². The van der Waals surface area contributed by atoms with Crippen LogP contribution in [0.2, 0.25) is 0 Å². The molecule has 3 aromatic rings. The maximum Gasteiger partial charge on any atom is 0.410 e. The van der Waals surface area contributed by atoms with Gasteiger partial charge in [-0.3, -0.25) is 0 Å². The fraction of sp³-hybridized carbons (Fsp3) is 0.448. The van der Waals surface area contributed by atoms with Gasteiger partial charge in [0.2, 0.25) is 10.0 Å². The number of carbonyl (C=O) groups excluding carboxylic acids is 1. The van der Waals surface area contributed by atoms with Crippen LogP contribution in [-0.4, -0.2) is 86.3 Å². The molecule has 2 aromatic heterocycles. The summed E-state index contributed by atoms with van der Waals surface area (Å²) in [4.78, 5) is 22.4. The van der Waals surface area contributed by atoms with Crippen molar-refractivity contribution in [1.29, 1.82) is 0 Å². The average Bonchev–Trinajstić information content (AvgIpc) is 3.67. The minimum Gasteiger partial charge on any atom is -0.495 e. The summed E-state index contributed by atoms with van der Waals surface area (Å²) in [5.41, 5.74) is 4.45. The number of pyridine rings is 1. The number of fused-ring (bicyclic) bond motifs is 1. The quantitative estimate of drug-likeness (QED) is 0.470. The van der Waals surface area contributed by atoms with E-state index in [0.29, 0.717) is 51.6 Å². The Morgan fingerprint density at radius 1 is 1.10 bits per heavy atom. The molecule has 0 atom stereocenters. The Labute approximate surface area is 234 Å². The highest BCUT2D eigenvalue weighted by Gasteiger charge is 2.30. The van der Waals surface area contributed by atoms with Crippen molar-refractivity contribution in [2.75, 3.05) is 46.5 Å². The van der Waals surface area contributed by atoms with Crippen molar-refractivity contribution in [3.63, 3.8) is 0 Å². The fourth-order valence-electron chi connectivity index (χ4n) is 5.71. The maximum atomic E-state index is 13.5. The second-order valence-corrected chi connectivity index (χ2v) is 12.3. The van der Waals surface area contributed by atoms with E-state index in [9.17, 15) is 13.2 Å². The Kier molecular flexibility index (Phi) is 7.52. The summed E-state index contributed by atoms with van der Waals surface area (Å²) in [6.45, 7) is 2.45. The molecule has 10 nitrogen and oxygen atoms in total. The highest BCUT2D eigenvalue weighted by molar-refractivity contribution is 7.89. The molecule has 2 fully saturated rings. The van der Waals surface area contributed by atoms with Crippen molar-refractivity contribution < 1.29 is 27.4 Å². The van der Waals surface area contributed by atoms with Gasteiger partial charge in [0.15, 0.2) is 0 Å². The Morgan fingerprint density at radius 2 is 1.90 bits per heavy atom. The first-order valence-electron chi connectivity index (χ1n) is 13.8. The van der Waals surface area contributed by atoms with Gasteiger partial charge >= 0.3 is 6.09 Å². The molecule has 1 aliphatic carbocycles. The van der Waals surface area contributed by atoms with E-state index >= 15 is 0 Å². The average molecular weight is 567 g/mol. The van der Waals surface area contributed by atoms with Crippen LogP contribution in [0.5, 0.6) is 5.75 Å². The van der Waals surface area contributed by atoms with Gasteiger partial charge in [-0.05, 0) is 61.4 Å². The van der Waals surface area contributed by atoms with Crippen molar-refractivity contribution in [2.24, 2.45) is 0 Å². The van der Waals surface area contributed by atoms with Crippen molar-refractivity contribution in [3.05, 3.63) is 48.3 Å². The van der Waals surface area contributed by atoms with Gasteiger partial charge in [-0.1, -0.05) is 12.1 Å². The lowest BCUT2D eigenvalue weighted by Gasteiger charge is -2.27. The Balaban J connectivity index is 1.26. The SMILES string of the molecule is COc1ccc(-c2cnc3[nH]cc(C4=CCN(C(=O)OC5CCCC5)CC4)c3c2)cc1S(=O)(=O)N1CCOCC1. The number of carbonyl (C=O) groups is 1. The lowest BCUT2D eigenvalue weighted by molar-refractivity contribution is 0.0682. The molecule has 11 heteroatoms. The topological polar surface area (TPSA) is 114 Å². The summed E-state index contributed by atoms with van der Waals surface area (Å²) in [5, 5.41) is 0.944. The molecule has 0 spiro atoms. The van der Waals surface area contributed by atoms with E-state index in [-0.39, 0.29) is 17.1 Å². The summed E-state index contributed by atoms with van der Waals surface area (Å²) in [7, 11) is -2.29. The molecule has 0 radical (unpaired) electrons. The second kappa shape index (κ2) is 11.2. The number of sulfonamides is 1. The molecule has 6 rings (SSSR count). The van der Waals surface area contributed by atoms with Crippen molar-refractivity contribution in [3.8, 4) is 16.9 Å². The third-order valence-corrected chi connectivity index (χ3v) is 9.92. The maximum absolute atomic E-state index is 13.5. The zero-order chi connectivity index (χ0) is 27.7. The van der Waals surface area contributed by atoms with Gasteiger partial charge in [0.1, 0.15) is 22.4 Å². The number of amides is 1. The fourth-order valence-corrected chi connectivity index (χ4v) is 7.30. The zero-order valence-electron chi connectivity index (χ0n) is 22.6. The number of hydrogen-bond acceptors (Lipinski definition) is 7. The Hall–Kier alpha value is -3.41. The molecular formula is C29H34N4O6S. The lowest BCUT2D eigenvalue weighted by atomic mass is 9.98. The number of benzene rings is 1. The summed E-state index contributed by atoms with van der Waals surface area (Å²) in [6, 6.07) is 7.23. The molecule has 4 heterocycles. The predicted molar refractivity (Wildman–Crippen MR) is 151 cm³/mol. The molecule has 40 heavy (non-hydrogen) atoms. The summed E-state index contributed by atoms with van der Waals surface area (Å²) < 4.78 is 44.8. The van der Waals surface area contributed by atoms with E-state index in [1.165, 1.54) is 11.4 Å². The number of rotatable bonds is 6. The minimum absolute atomic E-state index is 0.0540. The second-order valence-electron chi connectivity index (χ2n) is 10.4. The third kappa shape index (κ3) is 5.21. The highest BCUT2D eigenvalue weighted by atomic mass is 32.2. The largest absolute Gasteiger partial charge is 0.495 e. The molecule has 1 amide bonds. The number of nitrogens with one attached hydrogen (secondary N) is 1. The van der Waals surface area contributed by atoms with Crippen LogP contribution in [-0.2, 0) is 19.5 Å². The first kappa shape index (κ1) is 26.8. The van der Waals surface area contributed by atoms with Gasteiger partial charge in [-0.15, -0.1) is 0 Å². The summed E-state index contributed by atoms with van der Waals surface area (Å²) >= 11 is 0. The molecule has 212 valence electrons. The summed E-state index contributed by atoms with van der Waals surface area (Å²) in [5.74, 6) is 0.301. The molecular weight excluding hydrogens is 532 g/mol. The van der Waals surface area contributed by atoms with Gasteiger partial charge in [-0.2, -0.15) is 4.31 Å². The van der Waals surface area contributed by atoms with Crippen molar-refractivity contribution in [1.82, 2.24) is 19.2 Å². The number of aromatic nitrogens is 2. The number of aromatic amines is 1. The molecule has 1 aromatic carbocycles. The highest BCUT2D eigenvalue weighted by Crippen LogP contribution is 2.35. The predicted octanol–water partition coefficient (Wildman–Crippen LogP) is 4.43. The van der Waals surface area contributed by atoms with Crippen LogP contribution in [0.3, 0.4) is 0 Å². The molecule has 2 aliphatic heterocycles. The van der Waals surface area contributed by atoms with E-state index < -0.39 is 10.0 Å². The minimum atomic E-state index is -3.76. The number of morpholine rings is 1. The Morgan fingerprint density at radius 3 is 2.62 bits per heavy atom. The van der Waals surface area contributed by atoms with Crippen molar-refractivity contribution in [2.45, 2.75) is 43.1 Å². The molecule has 1 saturated carbocycles. The van der Waals surface area contributed by atoms with Crippen molar-refractivity contribution >= 4 is 32.7 Å². The number of methoxy groups -OCH3 is 1.